The van der Waals surface area contributed by atoms with E-state index in [-0.39, 0.29) is 28.8 Å². The number of anilines is 1. The molecule has 2 aliphatic rings. The summed E-state index contributed by atoms with van der Waals surface area (Å²) in [5, 5.41) is 9.85. The molecule has 3 rings (SSSR count). The summed E-state index contributed by atoms with van der Waals surface area (Å²) in [5.74, 6) is 5.62. The zero-order valence-corrected chi connectivity index (χ0v) is 11.6. The zero-order valence-electron chi connectivity index (χ0n) is 10.8. The number of hydrazine groups is 1. The topological polar surface area (TPSA) is 121 Å². The highest BCUT2D eigenvalue weighted by Gasteiger charge is 2.45. The van der Waals surface area contributed by atoms with Gasteiger partial charge in [0.15, 0.2) is 0 Å². The van der Waals surface area contributed by atoms with Crippen LogP contribution in [0.5, 0.6) is 0 Å². The van der Waals surface area contributed by atoms with Crippen LogP contribution in [0.3, 0.4) is 0 Å². The van der Waals surface area contributed by atoms with Gasteiger partial charge < -0.3 is 5.11 Å². The lowest BCUT2D eigenvalue weighted by Gasteiger charge is -2.17. The quantitative estimate of drug-likeness (QED) is 0.491. The molecule has 0 spiro atoms. The van der Waals surface area contributed by atoms with Crippen LogP contribution in [0.25, 0.3) is 0 Å². The third-order valence-corrected chi connectivity index (χ3v) is 5.97. The number of nitrogens with zero attached hydrogens (tertiary/aromatic N) is 3. The first kappa shape index (κ1) is 13.7. The first-order valence-electron chi connectivity index (χ1n) is 6.49. The van der Waals surface area contributed by atoms with E-state index in [0.29, 0.717) is 13.1 Å². The summed E-state index contributed by atoms with van der Waals surface area (Å²) in [6.45, 7) is 0.825. The fourth-order valence-corrected chi connectivity index (χ4v) is 4.49. The van der Waals surface area contributed by atoms with Crippen molar-refractivity contribution < 1.29 is 13.5 Å². The number of aliphatic hydroxyl groups excluding tert-OH is 1. The average Bonchev–Trinajstić information content (AvgIpc) is 3.02. The largest absolute Gasteiger partial charge is 0.393 e. The highest BCUT2D eigenvalue weighted by atomic mass is 32.2. The Morgan fingerprint density at radius 2 is 2.00 bits per heavy atom. The lowest BCUT2D eigenvalue weighted by Crippen LogP contribution is -2.31. The van der Waals surface area contributed by atoms with Gasteiger partial charge in [0.2, 0.25) is 16.0 Å². The molecule has 0 bridgehead atoms. The summed E-state index contributed by atoms with van der Waals surface area (Å²) in [4.78, 5) is 7.69. The number of fused-ring (bicyclic) bond motifs is 1. The van der Waals surface area contributed by atoms with Crippen molar-refractivity contribution in [2.45, 2.75) is 23.8 Å². The molecular formula is C11H17N5O3S. The molecule has 9 heteroatoms. The van der Waals surface area contributed by atoms with Crippen LogP contribution in [-0.2, 0) is 10.0 Å². The molecule has 1 aliphatic carbocycles. The molecule has 0 amide bonds. The molecule has 1 aromatic heterocycles. The van der Waals surface area contributed by atoms with Crippen LogP contribution in [0.4, 0.5) is 5.95 Å². The van der Waals surface area contributed by atoms with E-state index in [0.717, 1.165) is 12.8 Å². The van der Waals surface area contributed by atoms with Crippen LogP contribution in [0.15, 0.2) is 17.3 Å². The maximum atomic E-state index is 12.5. The van der Waals surface area contributed by atoms with E-state index < -0.39 is 10.0 Å². The van der Waals surface area contributed by atoms with Gasteiger partial charge in [0.1, 0.15) is 4.90 Å². The number of sulfonamides is 1. The van der Waals surface area contributed by atoms with Crippen LogP contribution in [-0.4, -0.2) is 47.0 Å². The molecule has 4 N–H and O–H groups in total. The van der Waals surface area contributed by atoms with Gasteiger partial charge in [-0.25, -0.2) is 24.2 Å². The lowest BCUT2D eigenvalue weighted by atomic mass is 10.00. The van der Waals surface area contributed by atoms with Crippen LogP contribution in [0, 0.1) is 11.8 Å². The van der Waals surface area contributed by atoms with Gasteiger partial charge in [0.25, 0.3) is 0 Å². The third kappa shape index (κ3) is 2.16. The Balaban J connectivity index is 1.82. The fourth-order valence-electron chi connectivity index (χ4n) is 3.07. The standard InChI is InChI=1S/C11H17N5O3S/c12-15-11-13-3-8(4-14-11)20(18,19)16-5-7-1-2-10(17)9(7)6-16/h3-4,7,9-10,17H,1-2,5-6,12H2,(H,13,14,15). The summed E-state index contributed by atoms with van der Waals surface area (Å²) >= 11 is 0. The van der Waals surface area contributed by atoms with Crippen molar-refractivity contribution in [3.05, 3.63) is 12.4 Å². The molecular weight excluding hydrogens is 282 g/mol. The first-order chi connectivity index (χ1) is 9.52. The fraction of sp³-hybridized carbons (Fsp3) is 0.636. The second-order valence-corrected chi connectivity index (χ2v) is 7.22. The molecule has 20 heavy (non-hydrogen) atoms. The molecule has 110 valence electrons. The predicted molar refractivity (Wildman–Crippen MR) is 70.8 cm³/mol. The van der Waals surface area contributed by atoms with Crippen molar-refractivity contribution in [1.29, 1.82) is 0 Å². The van der Waals surface area contributed by atoms with Crippen molar-refractivity contribution in [3.63, 3.8) is 0 Å². The zero-order chi connectivity index (χ0) is 14.3. The number of nitrogens with two attached hydrogens (primary N) is 1. The van der Waals surface area contributed by atoms with Gasteiger partial charge in [-0.1, -0.05) is 0 Å². The second kappa shape index (κ2) is 4.92. The van der Waals surface area contributed by atoms with Gasteiger partial charge in [-0.15, -0.1) is 0 Å². The summed E-state index contributed by atoms with van der Waals surface area (Å²) in [6, 6.07) is 0. The van der Waals surface area contributed by atoms with E-state index in [1.54, 1.807) is 0 Å². The van der Waals surface area contributed by atoms with Crippen LogP contribution < -0.4 is 11.3 Å². The van der Waals surface area contributed by atoms with E-state index >= 15 is 0 Å². The minimum absolute atomic E-state index is 0.0472. The average molecular weight is 299 g/mol. The van der Waals surface area contributed by atoms with E-state index in [1.807, 2.05) is 0 Å². The number of hydrogen-bond donors (Lipinski definition) is 3. The summed E-state index contributed by atoms with van der Waals surface area (Å²) < 4.78 is 26.4. The molecule has 0 aromatic carbocycles. The number of aromatic nitrogens is 2. The van der Waals surface area contributed by atoms with E-state index in [4.69, 9.17) is 5.84 Å². The van der Waals surface area contributed by atoms with Gasteiger partial charge in [0.05, 0.1) is 18.5 Å². The van der Waals surface area contributed by atoms with Crippen molar-refractivity contribution in [1.82, 2.24) is 14.3 Å². The molecule has 1 saturated heterocycles. The molecule has 3 atom stereocenters. The van der Waals surface area contributed by atoms with Gasteiger partial charge in [-0.2, -0.15) is 4.31 Å². The van der Waals surface area contributed by atoms with Crippen molar-refractivity contribution in [3.8, 4) is 0 Å². The lowest BCUT2D eigenvalue weighted by molar-refractivity contribution is 0.129. The van der Waals surface area contributed by atoms with Crippen molar-refractivity contribution in [2.75, 3.05) is 18.5 Å². The first-order valence-corrected chi connectivity index (χ1v) is 7.93. The minimum Gasteiger partial charge on any atom is -0.393 e. The maximum Gasteiger partial charge on any atom is 0.246 e. The number of aliphatic hydroxyl groups is 1. The van der Waals surface area contributed by atoms with Gasteiger partial charge in [-0.05, 0) is 18.8 Å². The highest BCUT2D eigenvalue weighted by Crippen LogP contribution is 2.39. The molecule has 2 fully saturated rings. The molecule has 1 saturated carbocycles. The Morgan fingerprint density at radius 3 is 2.60 bits per heavy atom. The predicted octanol–water partition coefficient (Wildman–Crippen LogP) is -0.846. The Morgan fingerprint density at radius 1 is 1.30 bits per heavy atom. The minimum atomic E-state index is -3.60. The summed E-state index contributed by atoms with van der Waals surface area (Å²) in [5.41, 5.74) is 2.25. The van der Waals surface area contributed by atoms with Gasteiger partial charge in [0, 0.05) is 19.0 Å². The summed E-state index contributed by atoms with van der Waals surface area (Å²) in [7, 11) is -3.60. The second-order valence-electron chi connectivity index (χ2n) is 5.28. The molecule has 0 radical (unpaired) electrons. The summed E-state index contributed by atoms with van der Waals surface area (Å²) in [6.07, 6.45) is 3.73. The Kier molecular flexibility index (Phi) is 3.36. The van der Waals surface area contributed by atoms with Crippen molar-refractivity contribution >= 4 is 16.0 Å². The number of rotatable bonds is 3. The normalized spacial score (nSPS) is 30.4. The Hall–Kier alpha value is -1.29. The Bertz CT molecular complexity index is 591. The van der Waals surface area contributed by atoms with E-state index in [2.05, 4.69) is 15.4 Å². The van der Waals surface area contributed by atoms with Crippen LogP contribution >= 0.6 is 0 Å². The SMILES string of the molecule is NNc1ncc(S(=O)(=O)N2CC3CCC(O)C3C2)cn1. The molecule has 1 aliphatic heterocycles. The molecule has 2 heterocycles. The van der Waals surface area contributed by atoms with Crippen LogP contribution in [0.1, 0.15) is 12.8 Å². The molecule has 3 unspecified atom stereocenters. The van der Waals surface area contributed by atoms with Gasteiger partial charge >= 0.3 is 0 Å². The smallest absolute Gasteiger partial charge is 0.246 e. The van der Waals surface area contributed by atoms with E-state index in [1.165, 1.54) is 16.7 Å². The molecule has 1 aromatic rings. The molecule has 8 nitrogen and oxygen atoms in total. The number of nitrogens with one attached hydrogen (secondary N) is 1. The van der Waals surface area contributed by atoms with E-state index in [9.17, 15) is 13.5 Å². The Labute approximate surface area is 117 Å². The van der Waals surface area contributed by atoms with Crippen molar-refractivity contribution in [2.24, 2.45) is 17.7 Å². The highest BCUT2D eigenvalue weighted by molar-refractivity contribution is 7.89. The third-order valence-electron chi connectivity index (χ3n) is 4.18. The van der Waals surface area contributed by atoms with Gasteiger partial charge in [-0.3, -0.25) is 5.43 Å². The monoisotopic (exact) mass is 299 g/mol. The van der Waals surface area contributed by atoms with Crippen LogP contribution in [0.2, 0.25) is 0 Å². The number of hydrogen-bond acceptors (Lipinski definition) is 7. The maximum absolute atomic E-state index is 12.5. The number of nitrogen functional groups attached to an aromatic ring is 1.